The predicted molar refractivity (Wildman–Crippen MR) is 50.9 cm³/mol. The van der Waals surface area contributed by atoms with Crippen LogP contribution in [-0.2, 0) is 19.1 Å². The summed E-state index contributed by atoms with van der Waals surface area (Å²) in [5.74, 6) is -1.36. The number of ether oxygens (including phenoxy) is 2. The molecule has 1 aliphatic carbocycles. The van der Waals surface area contributed by atoms with Crippen molar-refractivity contribution >= 4 is 11.9 Å². The molecule has 1 rings (SSSR count). The van der Waals surface area contributed by atoms with Gasteiger partial charge in [-0.15, -0.1) is 0 Å². The minimum absolute atomic E-state index is 0.0769. The number of hydrogen-bond donors (Lipinski definition) is 1. The second-order valence-electron chi connectivity index (χ2n) is 4.02. The van der Waals surface area contributed by atoms with Gasteiger partial charge in [-0.1, -0.05) is 6.92 Å². The minimum atomic E-state index is -1.32. The summed E-state index contributed by atoms with van der Waals surface area (Å²) in [5, 5.41) is 9.61. The highest BCUT2D eigenvalue weighted by molar-refractivity contribution is 6.00. The van der Waals surface area contributed by atoms with Crippen molar-refractivity contribution in [3.05, 3.63) is 0 Å². The lowest BCUT2D eigenvalue weighted by molar-refractivity contribution is -0.169. The molecule has 0 aromatic carbocycles. The van der Waals surface area contributed by atoms with E-state index >= 15 is 0 Å². The van der Waals surface area contributed by atoms with Gasteiger partial charge in [0.05, 0.1) is 20.3 Å². The van der Waals surface area contributed by atoms with Crippen LogP contribution in [0.15, 0.2) is 0 Å². The van der Waals surface area contributed by atoms with Crippen LogP contribution in [0.3, 0.4) is 0 Å². The Balaban J connectivity index is 2.99. The Kier molecular flexibility index (Phi) is 3.34. The maximum absolute atomic E-state index is 11.6. The third-order valence-electron chi connectivity index (χ3n) is 3.04. The van der Waals surface area contributed by atoms with E-state index in [9.17, 15) is 14.7 Å². The maximum Gasteiger partial charge on any atom is 0.323 e. The molecule has 1 N–H and O–H groups in total. The molecule has 0 heterocycles. The number of aliphatic hydroxyl groups is 1. The van der Waals surface area contributed by atoms with E-state index in [0.717, 1.165) is 0 Å². The summed E-state index contributed by atoms with van der Waals surface area (Å²) in [6.45, 7) is 1.79. The number of carbonyl (C=O) groups is 2. The highest BCUT2D eigenvalue weighted by Crippen LogP contribution is 2.43. The van der Waals surface area contributed by atoms with Crippen LogP contribution in [-0.4, -0.2) is 37.4 Å². The monoisotopic (exact) mass is 216 g/mol. The molecular weight excluding hydrogens is 200 g/mol. The van der Waals surface area contributed by atoms with Gasteiger partial charge in [-0.05, 0) is 12.3 Å². The van der Waals surface area contributed by atoms with Crippen LogP contribution in [0.1, 0.15) is 19.8 Å². The summed E-state index contributed by atoms with van der Waals surface area (Å²) in [4.78, 5) is 23.2. The van der Waals surface area contributed by atoms with Crippen LogP contribution in [0.4, 0.5) is 0 Å². The molecule has 86 valence electrons. The van der Waals surface area contributed by atoms with Crippen molar-refractivity contribution in [1.29, 1.82) is 0 Å². The Morgan fingerprint density at radius 2 is 1.67 bits per heavy atom. The summed E-state index contributed by atoms with van der Waals surface area (Å²) in [7, 11) is 2.45. The molecule has 5 nitrogen and oxygen atoms in total. The Labute approximate surface area is 88.4 Å². The van der Waals surface area contributed by atoms with E-state index in [1.807, 2.05) is 0 Å². The summed E-state index contributed by atoms with van der Waals surface area (Å²) < 4.78 is 9.21. The van der Waals surface area contributed by atoms with E-state index < -0.39 is 23.5 Å². The summed E-state index contributed by atoms with van der Waals surface area (Å²) in [5.41, 5.74) is -1.32. The lowest BCUT2D eigenvalue weighted by Crippen LogP contribution is -2.39. The molecule has 15 heavy (non-hydrogen) atoms. The molecule has 0 amide bonds. The minimum Gasteiger partial charge on any atom is -0.468 e. The molecule has 0 saturated heterocycles. The van der Waals surface area contributed by atoms with Gasteiger partial charge in [-0.2, -0.15) is 0 Å². The van der Waals surface area contributed by atoms with E-state index in [0.29, 0.717) is 0 Å². The zero-order valence-electron chi connectivity index (χ0n) is 9.15. The average Bonchev–Trinajstić information content (AvgIpc) is 2.54. The Morgan fingerprint density at radius 1 is 1.20 bits per heavy atom. The van der Waals surface area contributed by atoms with Crippen LogP contribution in [0.2, 0.25) is 0 Å². The molecule has 0 bridgehead atoms. The fourth-order valence-corrected chi connectivity index (χ4v) is 2.13. The zero-order valence-corrected chi connectivity index (χ0v) is 9.15. The van der Waals surface area contributed by atoms with Gasteiger partial charge in [-0.3, -0.25) is 9.59 Å². The molecule has 1 saturated carbocycles. The van der Waals surface area contributed by atoms with Crippen molar-refractivity contribution in [1.82, 2.24) is 0 Å². The smallest absolute Gasteiger partial charge is 0.323 e. The molecule has 1 aliphatic rings. The van der Waals surface area contributed by atoms with Gasteiger partial charge in [0.1, 0.15) is 0 Å². The van der Waals surface area contributed by atoms with E-state index in [1.165, 1.54) is 14.2 Å². The molecule has 0 radical (unpaired) electrons. The van der Waals surface area contributed by atoms with Crippen LogP contribution in [0, 0.1) is 11.3 Å². The zero-order chi connectivity index (χ0) is 11.6. The Bertz CT molecular complexity index is 245. The van der Waals surface area contributed by atoms with Gasteiger partial charge in [0, 0.05) is 6.42 Å². The van der Waals surface area contributed by atoms with Crippen LogP contribution >= 0.6 is 0 Å². The number of aliphatic hydroxyl groups excluding tert-OH is 1. The summed E-state index contributed by atoms with van der Waals surface area (Å²) >= 11 is 0. The van der Waals surface area contributed by atoms with Gasteiger partial charge < -0.3 is 14.6 Å². The normalized spacial score (nSPS) is 28.5. The predicted octanol–water partition coefficient (Wildman–Crippen LogP) is 0.110. The van der Waals surface area contributed by atoms with Crippen molar-refractivity contribution < 1.29 is 24.2 Å². The van der Waals surface area contributed by atoms with Gasteiger partial charge in [0.25, 0.3) is 0 Å². The molecular formula is C10H16O5. The first-order chi connectivity index (χ1) is 6.97. The topological polar surface area (TPSA) is 72.8 Å². The van der Waals surface area contributed by atoms with E-state index in [-0.39, 0.29) is 18.8 Å². The molecule has 0 aliphatic heterocycles. The van der Waals surface area contributed by atoms with Crippen molar-refractivity contribution in [2.24, 2.45) is 11.3 Å². The SMILES string of the molecule is COC(=O)C1(C(=O)OC)CC(C)C(O)C1. The molecule has 5 heteroatoms. The van der Waals surface area contributed by atoms with Crippen LogP contribution < -0.4 is 0 Å². The second kappa shape index (κ2) is 4.18. The fourth-order valence-electron chi connectivity index (χ4n) is 2.13. The molecule has 2 atom stereocenters. The second-order valence-corrected chi connectivity index (χ2v) is 4.02. The van der Waals surface area contributed by atoms with Crippen molar-refractivity contribution in [3.63, 3.8) is 0 Å². The summed E-state index contributed by atoms with van der Waals surface area (Å²) in [6.07, 6.45) is -0.315. The highest BCUT2D eigenvalue weighted by atomic mass is 16.5. The lowest BCUT2D eigenvalue weighted by atomic mass is 9.85. The lowest BCUT2D eigenvalue weighted by Gasteiger charge is -2.22. The molecule has 1 fully saturated rings. The molecule has 0 spiro atoms. The number of rotatable bonds is 2. The molecule has 0 aromatic heterocycles. The average molecular weight is 216 g/mol. The number of hydrogen-bond acceptors (Lipinski definition) is 5. The molecule has 2 unspecified atom stereocenters. The first kappa shape index (κ1) is 12.0. The van der Waals surface area contributed by atoms with E-state index in [2.05, 4.69) is 9.47 Å². The van der Waals surface area contributed by atoms with E-state index in [1.54, 1.807) is 6.92 Å². The van der Waals surface area contributed by atoms with Crippen molar-refractivity contribution in [2.45, 2.75) is 25.9 Å². The Morgan fingerprint density at radius 3 is 1.93 bits per heavy atom. The third kappa shape index (κ3) is 1.84. The van der Waals surface area contributed by atoms with Crippen molar-refractivity contribution in [2.75, 3.05) is 14.2 Å². The number of methoxy groups -OCH3 is 2. The third-order valence-corrected chi connectivity index (χ3v) is 3.04. The first-order valence-electron chi connectivity index (χ1n) is 4.83. The fraction of sp³-hybridized carbons (Fsp3) is 0.800. The highest BCUT2D eigenvalue weighted by Gasteiger charge is 2.55. The van der Waals surface area contributed by atoms with E-state index in [4.69, 9.17) is 0 Å². The van der Waals surface area contributed by atoms with Crippen LogP contribution in [0.5, 0.6) is 0 Å². The van der Waals surface area contributed by atoms with Crippen molar-refractivity contribution in [3.8, 4) is 0 Å². The van der Waals surface area contributed by atoms with Gasteiger partial charge in [0.15, 0.2) is 5.41 Å². The quantitative estimate of drug-likeness (QED) is 0.524. The number of carbonyl (C=O) groups excluding carboxylic acids is 2. The maximum atomic E-state index is 11.6. The molecule has 0 aromatic rings. The first-order valence-corrected chi connectivity index (χ1v) is 4.83. The number of esters is 2. The summed E-state index contributed by atoms with van der Waals surface area (Å²) in [6, 6.07) is 0. The van der Waals surface area contributed by atoms with Gasteiger partial charge in [-0.25, -0.2) is 0 Å². The van der Waals surface area contributed by atoms with Gasteiger partial charge >= 0.3 is 11.9 Å². The standard InChI is InChI=1S/C10H16O5/c1-6-4-10(5-7(6)11,8(12)14-2)9(13)15-3/h6-7,11H,4-5H2,1-3H3. The van der Waals surface area contributed by atoms with Gasteiger partial charge in [0.2, 0.25) is 0 Å². The Hall–Kier alpha value is -1.10. The largest absolute Gasteiger partial charge is 0.468 e. The van der Waals surface area contributed by atoms with Crippen LogP contribution in [0.25, 0.3) is 0 Å².